The van der Waals surface area contributed by atoms with E-state index >= 15 is 4.39 Å². The number of anilines is 1. The number of carbonyl (C=O) groups is 3. The van der Waals surface area contributed by atoms with Crippen molar-refractivity contribution in [1.82, 2.24) is 19.7 Å². The van der Waals surface area contributed by atoms with Crippen molar-refractivity contribution < 1.29 is 51.3 Å². The molecule has 0 amide bonds. The van der Waals surface area contributed by atoms with Crippen molar-refractivity contribution in [3.63, 3.8) is 0 Å². The lowest BCUT2D eigenvalue weighted by molar-refractivity contribution is -0.181. The summed E-state index contributed by atoms with van der Waals surface area (Å²) < 4.78 is 68.3. The molecule has 0 bridgehead atoms. The van der Waals surface area contributed by atoms with E-state index in [-0.39, 0.29) is 23.4 Å². The van der Waals surface area contributed by atoms with Crippen molar-refractivity contribution in [1.29, 1.82) is 0 Å². The Kier molecular flexibility index (Phi) is 10.7. The summed E-state index contributed by atoms with van der Waals surface area (Å²) in [5, 5.41) is 6.91. The van der Waals surface area contributed by atoms with Gasteiger partial charge in [0.2, 0.25) is 5.60 Å². The highest BCUT2D eigenvalue weighted by atomic mass is 31.2. The SMILES string of the molecule is CC(C)C(=O)O[C@H]1[C@H](c2ccc3c(N)ncnn23)O[C@]2(CF)C(O[P@@](=O)(N[C@@H](C)C(=O)OC3CCCCC3)Oc3ccccc3)[C@]12OC(=O)C(C)C. The summed E-state index contributed by atoms with van der Waals surface area (Å²) in [6.07, 6.45) is 0.761. The molecule has 3 aliphatic rings. The topological polar surface area (TPSA) is 192 Å². The monoisotopic (exact) mass is 745 g/mol. The number of rotatable bonds is 14. The lowest BCUT2D eigenvalue weighted by Gasteiger charge is -2.31. The van der Waals surface area contributed by atoms with Gasteiger partial charge in [0.25, 0.3) is 0 Å². The van der Waals surface area contributed by atoms with Gasteiger partial charge in [-0.3, -0.25) is 18.9 Å². The van der Waals surface area contributed by atoms with Crippen LogP contribution in [0.15, 0.2) is 48.8 Å². The molecule has 0 radical (unpaired) electrons. The van der Waals surface area contributed by atoms with E-state index in [0.29, 0.717) is 18.4 Å². The molecule has 6 rings (SSSR count). The molecule has 2 aliphatic carbocycles. The molecular weight excluding hydrogens is 700 g/mol. The molecule has 1 unspecified atom stereocenters. The number of benzene rings is 1. The predicted octanol–water partition coefficient (Wildman–Crippen LogP) is 5.04. The van der Waals surface area contributed by atoms with Gasteiger partial charge in [-0.1, -0.05) is 52.3 Å². The molecular formula is C35H45FN5O10P. The second kappa shape index (κ2) is 14.7. The first-order valence-corrected chi connectivity index (χ1v) is 19.1. The van der Waals surface area contributed by atoms with Gasteiger partial charge >= 0.3 is 25.7 Å². The maximum absolute atomic E-state index is 15.8. The minimum absolute atomic E-state index is 0.0954. The summed E-state index contributed by atoms with van der Waals surface area (Å²) in [7, 11) is -4.69. The number of hydrogen-bond acceptors (Lipinski definition) is 13. The molecule has 7 atom stereocenters. The maximum Gasteiger partial charge on any atom is 0.459 e. The quantitative estimate of drug-likeness (QED) is 0.127. The molecule has 15 nitrogen and oxygen atoms in total. The Morgan fingerprint density at radius 2 is 1.69 bits per heavy atom. The zero-order valence-corrected chi connectivity index (χ0v) is 30.6. The number of fused-ring (bicyclic) bond motifs is 2. The van der Waals surface area contributed by atoms with Gasteiger partial charge in [-0.05, 0) is 56.9 Å². The number of carbonyl (C=O) groups excluding carboxylic acids is 3. The number of nitrogens with two attached hydrogens (primary N) is 1. The van der Waals surface area contributed by atoms with E-state index in [1.807, 2.05) is 0 Å². The highest BCUT2D eigenvalue weighted by Gasteiger charge is 2.94. The third-order valence-corrected chi connectivity index (χ3v) is 11.3. The van der Waals surface area contributed by atoms with E-state index in [1.165, 1.54) is 29.9 Å². The summed E-state index contributed by atoms with van der Waals surface area (Å²) in [4.78, 5) is 44.0. The fourth-order valence-electron chi connectivity index (χ4n) is 6.77. The number of hydrogen-bond donors (Lipinski definition) is 2. The van der Waals surface area contributed by atoms with Gasteiger partial charge in [0.05, 0.1) is 17.5 Å². The number of para-hydroxylation sites is 1. The second-order valence-electron chi connectivity index (χ2n) is 14.1. The van der Waals surface area contributed by atoms with Crippen molar-refractivity contribution in [2.45, 2.75) is 108 Å². The Morgan fingerprint density at radius 1 is 1.00 bits per heavy atom. The van der Waals surface area contributed by atoms with Gasteiger partial charge in [-0.15, -0.1) is 0 Å². The fraction of sp³-hybridized carbons (Fsp3) is 0.571. The first-order chi connectivity index (χ1) is 24.7. The summed E-state index contributed by atoms with van der Waals surface area (Å²) in [6, 6.07) is 10.0. The zero-order chi connectivity index (χ0) is 37.4. The summed E-state index contributed by atoms with van der Waals surface area (Å²) in [5.74, 6) is -3.34. The van der Waals surface area contributed by atoms with E-state index in [2.05, 4.69) is 15.2 Å². The molecule has 1 aliphatic heterocycles. The normalized spacial score (nSPS) is 27.5. The van der Waals surface area contributed by atoms with Crippen LogP contribution in [0.25, 0.3) is 5.52 Å². The first-order valence-electron chi connectivity index (χ1n) is 17.5. The molecule has 2 saturated carbocycles. The van der Waals surface area contributed by atoms with Crippen molar-refractivity contribution >= 4 is 37.0 Å². The lowest BCUT2D eigenvalue weighted by atomic mass is 9.98. The van der Waals surface area contributed by atoms with Crippen LogP contribution in [0.1, 0.15) is 78.5 Å². The Bertz CT molecular complexity index is 1840. The third-order valence-electron chi connectivity index (χ3n) is 9.64. The van der Waals surface area contributed by atoms with E-state index in [1.54, 1.807) is 58.0 Å². The molecule has 282 valence electrons. The molecule has 17 heteroatoms. The van der Waals surface area contributed by atoms with Crippen molar-refractivity contribution in [2.75, 3.05) is 12.4 Å². The Morgan fingerprint density at radius 3 is 2.35 bits per heavy atom. The number of halogens is 1. The standard InChI is InChI=1S/C35H45FN5O10P/c1-20(2)30(42)47-28-27(25-16-17-26-29(37)38-19-39-41(25)26)48-34(18-36)33(35(28,34)49-31(43)21(3)4)51-52(45,50-24-14-10-7-11-15-24)40-22(5)32(44)46-23-12-8-6-9-13-23/h7,10-11,14-17,19-23,27-28,33H,6,8-9,12-13,18H2,1-5H3,(H,40,45)(H2,37,38,39)/t22-,27-,28-,33?,34+,35+,52+/m0/s1. The van der Waals surface area contributed by atoms with Gasteiger partial charge in [-0.25, -0.2) is 18.5 Å². The van der Waals surface area contributed by atoms with Crippen LogP contribution in [0.2, 0.25) is 0 Å². The molecule has 3 N–H and O–H groups in total. The van der Waals surface area contributed by atoms with Crippen LogP contribution < -0.4 is 15.3 Å². The number of esters is 3. The van der Waals surface area contributed by atoms with Gasteiger partial charge in [0, 0.05) is 0 Å². The van der Waals surface area contributed by atoms with Crippen LogP contribution in [0.5, 0.6) is 5.75 Å². The highest BCUT2D eigenvalue weighted by molar-refractivity contribution is 7.52. The summed E-state index contributed by atoms with van der Waals surface area (Å²) in [6.45, 7) is 6.45. The second-order valence-corrected chi connectivity index (χ2v) is 15.7. The Labute approximate surface area is 300 Å². The van der Waals surface area contributed by atoms with Gasteiger partial charge < -0.3 is 29.2 Å². The van der Waals surface area contributed by atoms with E-state index in [4.69, 9.17) is 33.7 Å². The molecule has 52 heavy (non-hydrogen) atoms. The average molecular weight is 746 g/mol. The van der Waals surface area contributed by atoms with E-state index in [9.17, 15) is 18.9 Å². The summed E-state index contributed by atoms with van der Waals surface area (Å²) in [5.41, 5.74) is 2.42. The zero-order valence-electron chi connectivity index (χ0n) is 29.7. The number of nitrogens with zero attached hydrogens (tertiary/aromatic N) is 3. The van der Waals surface area contributed by atoms with Crippen LogP contribution in [0.3, 0.4) is 0 Å². The molecule has 3 aromatic rings. The molecule has 2 aromatic heterocycles. The minimum Gasteiger partial charge on any atom is -0.461 e. The highest BCUT2D eigenvalue weighted by Crippen LogP contribution is 2.71. The van der Waals surface area contributed by atoms with Crippen molar-refractivity contribution in [3.05, 3.63) is 54.5 Å². The minimum atomic E-state index is -4.69. The average Bonchev–Trinajstić information content (AvgIpc) is 3.35. The fourth-order valence-corrected chi connectivity index (χ4v) is 8.51. The molecule has 1 saturated heterocycles. The predicted molar refractivity (Wildman–Crippen MR) is 183 cm³/mol. The van der Waals surface area contributed by atoms with Crippen LogP contribution >= 0.6 is 7.75 Å². The number of nitrogen functional groups attached to an aromatic ring is 1. The van der Waals surface area contributed by atoms with E-state index in [0.717, 1.165) is 19.3 Å². The van der Waals surface area contributed by atoms with Crippen molar-refractivity contribution in [3.8, 4) is 5.75 Å². The van der Waals surface area contributed by atoms with Gasteiger partial charge in [0.15, 0.2) is 23.6 Å². The van der Waals surface area contributed by atoms with Crippen LogP contribution in [-0.2, 0) is 42.4 Å². The van der Waals surface area contributed by atoms with Crippen molar-refractivity contribution in [2.24, 2.45) is 11.8 Å². The summed E-state index contributed by atoms with van der Waals surface area (Å²) >= 11 is 0. The number of nitrogens with one attached hydrogen (secondary N) is 1. The van der Waals surface area contributed by atoms with Crippen LogP contribution in [-0.4, -0.2) is 74.7 Å². The molecule has 0 spiro atoms. The van der Waals surface area contributed by atoms with Crippen LogP contribution in [0.4, 0.5) is 10.2 Å². The Balaban J connectivity index is 1.40. The van der Waals surface area contributed by atoms with Gasteiger partial charge in [0.1, 0.15) is 42.5 Å². The number of alkyl halides is 1. The van der Waals surface area contributed by atoms with Gasteiger partial charge in [-0.2, -0.15) is 10.2 Å². The number of aromatic nitrogens is 3. The largest absolute Gasteiger partial charge is 0.461 e. The molecule has 3 heterocycles. The maximum atomic E-state index is 15.8. The smallest absolute Gasteiger partial charge is 0.459 e. The first kappa shape index (κ1) is 37.6. The molecule has 1 aromatic carbocycles. The van der Waals surface area contributed by atoms with Crippen LogP contribution in [0, 0.1) is 11.8 Å². The van der Waals surface area contributed by atoms with E-state index < -0.39 is 79.7 Å². The molecule has 3 fully saturated rings. The Hall–Kier alpha value is -4.11. The lowest BCUT2D eigenvalue weighted by Crippen LogP contribution is -2.45. The third kappa shape index (κ3) is 6.89. The number of ether oxygens (including phenoxy) is 4.